The van der Waals surface area contributed by atoms with Crippen LogP contribution in [0.5, 0.6) is 5.75 Å². The number of nitrogens with zero attached hydrogens (tertiary/aromatic N) is 2. The van der Waals surface area contributed by atoms with Crippen molar-refractivity contribution >= 4 is 11.0 Å². The molecule has 1 aliphatic carbocycles. The third-order valence-electron chi connectivity index (χ3n) is 6.03. The third-order valence-corrected chi connectivity index (χ3v) is 6.03. The van der Waals surface area contributed by atoms with Crippen LogP contribution in [0.3, 0.4) is 0 Å². The average molecular weight is 377 g/mol. The second-order valence-electron chi connectivity index (χ2n) is 8.27. The van der Waals surface area contributed by atoms with Gasteiger partial charge in [-0.25, -0.2) is 4.98 Å². The maximum atomic E-state index is 6.05. The molecule has 1 saturated carbocycles. The van der Waals surface area contributed by atoms with Crippen LogP contribution >= 0.6 is 0 Å². The Hall–Kier alpha value is -2.29. The Morgan fingerprint density at radius 3 is 2.68 bits per heavy atom. The summed E-state index contributed by atoms with van der Waals surface area (Å²) in [7, 11) is 0. The van der Waals surface area contributed by atoms with E-state index >= 15 is 0 Å². The van der Waals surface area contributed by atoms with Crippen LogP contribution in [0.2, 0.25) is 0 Å². The van der Waals surface area contributed by atoms with Gasteiger partial charge in [0, 0.05) is 12.5 Å². The highest BCUT2D eigenvalue weighted by Gasteiger charge is 2.22. The van der Waals surface area contributed by atoms with E-state index in [1.54, 1.807) is 0 Å². The second-order valence-corrected chi connectivity index (χ2v) is 8.27. The largest absolute Gasteiger partial charge is 0.493 e. The molecule has 0 amide bonds. The summed E-state index contributed by atoms with van der Waals surface area (Å²) in [6.45, 7) is 6.03. The summed E-state index contributed by atoms with van der Waals surface area (Å²) >= 11 is 0. The predicted octanol–water partition coefficient (Wildman–Crippen LogP) is 6.56. The molecule has 28 heavy (non-hydrogen) atoms. The first-order valence-corrected chi connectivity index (χ1v) is 10.9. The number of hydrogen-bond acceptors (Lipinski definition) is 2. The van der Waals surface area contributed by atoms with Gasteiger partial charge in [-0.2, -0.15) is 0 Å². The Morgan fingerprint density at radius 1 is 1.00 bits per heavy atom. The van der Waals surface area contributed by atoms with E-state index in [9.17, 15) is 0 Å². The summed E-state index contributed by atoms with van der Waals surface area (Å²) < 4.78 is 8.54. The van der Waals surface area contributed by atoms with Gasteiger partial charge in [0.2, 0.25) is 0 Å². The lowest BCUT2D eigenvalue weighted by Gasteiger charge is -2.22. The van der Waals surface area contributed by atoms with Gasteiger partial charge in [0.1, 0.15) is 11.6 Å². The van der Waals surface area contributed by atoms with Gasteiger partial charge < -0.3 is 9.30 Å². The minimum absolute atomic E-state index is 0.632. The smallest absolute Gasteiger partial charge is 0.122 e. The zero-order valence-electron chi connectivity index (χ0n) is 17.3. The quantitative estimate of drug-likeness (QED) is 0.437. The van der Waals surface area contributed by atoms with Gasteiger partial charge in [-0.3, -0.25) is 0 Å². The molecule has 1 fully saturated rings. The zero-order chi connectivity index (χ0) is 19.3. The number of aryl methyl sites for hydroxylation is 3. The lowest BCUT2D eigenvalue weighted by Crippen LogP contribution is -2.13. The Bertz CT molecular complexity index is 921. The number of fused-ring (bicyclic) bond motifs is 1. The first-order valence-electron chi connectivity index (χ1n) is 10.9. The number of rotatable bonds is 7. The molecule has 4 rings (SSSR count). The van der Waals surface area contributed by atoms with Gasteiger partial charge in [-0.1, -0.05) is 43.5 Å². The van der Waals surface area contributed by atoms with Crippen molar-refractivity contribution in [2.75, 3.05) is 6.61 Å². The highest BCUT2D eigenvalue weighted by molar-refractivity contribution is 5.76. The lowest BCUT2D eigenvalue weighted by atomic mass is 9.88. The Kier molecular flexibility index (Phi) is 5.99. The lowest BCUT2D eigenvalue weighted by molar-refractivity contribution is 0.300. The number of hydrogen-bond donors (Lipinski definition) is 0. The van der Waals surface area contributed by atoms with E-state index in [2.05, 4.69) is 60.9 Å². The van der Waals surface area contributed by atoms with Gasteiger partial charge >= 0.3 is 0 Å². The SMILES string of the molecule is Cc1ccc(C)c(OCCCCn2c(C3CCCCC3)nc3ccccc32)c1. The Balaban J connectivity index is 1.40. The van der Waals surface area contributed by atoms with Crippen LogP contribution in [0.4, 0.5) is 0 Å². The van der Waals surface area contributed by atoms with Crippen molar-refractivity contribution < 1.29 is 4.74 Å². The first kappa shape index (κ1) is 19.0. The molecular formula is C25H32N2O. The Morgan fingerprint density at radius 2 is 1.82 bits per heavy atom. The highest BCUT2D eigenvalue weighted by Crippen LogP contribution is 2.34. The minimum atomic E-state index is 0.632. The Labute approximate surface area is 168 Å². The molecular weight excluding hydrogens is 344 g/mol. The molecule has 0 unspecified atom stereocenters. The van der Waals surface area contributed by atoms with E-state index in [0.29, 0.717) is 5.92 Å². The molecule has 0 N–H and O–H groups in total. The topological polar surface area (TPSA) is 27.1 Å². The minimum Gasteiger partial charge on any atom is -0.493 e. The standard InChI is InChI=1S/C25H32N2O/c1-19-14-15-20(2)24(18-19)28-17-9-8-16-27-23-13-7-6-12-22(23)26-25(27)21-10-4-3-5-11-21/h6-7,12-15,18,21H,3-5,8-11,16-17H2,1-2H3. The summed E-state index contributed by atoms with van der Waals surface area (Å²) in [4.78, 5) is 5.04. The molecule has 0 spiro atoms. The van der Waals surface area contributed by atoms with Crippen molar-refractivity contribution in [3.8, 4) is 5.75 Å². The normalized spacial score (nSPS) is 15.2. The van der Waals surface area contributed by atoms with E-state index < -0.39 is 0 Å². The maximum Gasteiger partial charge on any atom is 0.122 e. The summed E-state index contributed by atoms with van der Waals surface area (Å²) in [5.41, 5.74) is 4.90. The van der Waals surface area contributed by atoms with Crippen molar-refractivity contribution in [2.24, 2.45) is 0 Å². The highest BCUT2D eigenvalue weighted by atomic mass is 16.5. The van der Waals surface area contributed by atoms with E-state index in [-0.39, 0.29) is 0 Å². The fraction of sp³-hybridized carbons (Fsp3) is 0.480. The van der Waals surface area contributed by atoms with Gasteiger partial charge in [0.15, 0.2) is 0 Å². The van der Waals surface area contributed by atoms with Crippen LogP contribution in [-0.4, -0.2) is 16.2 Å². The molecule has 3 heteroatoms. The molecule has 3 nitrogen and oxygen atoms in total. The van der Waals surface area contributed by atoms with Gasteiger partial charge in [-0.15, -0.1) is 0 Å². The van der Waals surface area contributed by atoms with E-state index in [1.165, 1.54) is 54.6 Å². The molecule has 3 aromatic rings. The van der Waals surface area contributed by atoms with E-state index in [0.717, 1.165) is 37.3 Å². The molecule has 1 heterocycles. The fourth-order valence-electron chi connectivity index (χ4n) is 4.42. The number of benzene rings is 2. The number of unbranched alkanes of at least 4 members (excludes halogenated alkanes) is 1. The van der Waals surface area contributed by atoms with Crippen molar-refractivity contribution in [3.05, 3.63) is 59.4 Å². The molecule has 0 radical (unpaired) electrons. The summed E-state index contributed by atoms with van der Waals surface area (Å²) in [6.07, 6.45) is 8.83. The predicted molar refractivity (Wildman–Crippen MR) is 116 cm³/mol. The zero-order valence-corrected chi connectivity index (χ0v) is 17.3. The summed E-state index contributed by atoms with van der Waals surface area (Å²) in [5, 5.41) is 0. The molecule has 1 aliphatic rings. The molecule has 0 aliphatic heterocycles. The monoisotopic (exact) mass is 376 g/mol. The summed E-state index contributed by atoms with van der Waals surface area (Å²) in [6, 6.07) is 15.0. The van der Waals surface area contributed by atoms with Crippen LogP contribution < -0.4 is 4.74 Å². The third kappa shape index (κ3) is 4.24. The number of ether oxygens (including phenoxy) is 1. The van der Waals surface area contributed by atoms with Gasteiger partial charge in [0.25, 0.3) is 0 Å². The maximum absolute atomic E-state index is 6.05. The van der Waals surface area contributed by atoms with Crippen molar-refractivity contribution in [1.82, 2.24) is 9.55 Å². The van der Waals surface area contributed by atoms with Crippen molar-refractivity contribution in [2.45, 2.75) is 71.3 Å². The van der Waals surface area contributed by atoms with Crippen LogP contribution in [-0.2, 0) is 6.54 Å². The molecule has 1 aromatic heterocycles. The second kappa shape index (κ2) is 8.81. The van der Waals surface area contributed by atoms with Crippen LogP contribution in [0.1, 0.15) is 67.8 Å². The molecule has 148 valence electrons. The molecule has 0 saturated heterocycles. The molecule has 0 atom stereocenters. The van der Waals surface area contributed by atoms with Crippen molar-refractivity contribution in [3.63, 3.8) is 0 Å². The molecule has 2 aromatic carbocycles. The van der Waals surface area contributed by atoms with E-state index in [1.807, 2.05) is 0 Å². The van der Waals surface area contributed by atoms with Gasteiger partial charge in [0.05, 0.1) is 17.6 Å². The number of imidazole rings is 1. The van der Waals surface area contributed by atoms with Crippen molar-refractivity contribution in [1.29, 1.82) is 0 Å². The summed E-state index contributed by atoms with van der Waals surface area (Å²) in [5.74, 6) is 2.97. The average Bonchev–Trinajstić information content (AvgIpc) is 3.09. The number of aromatic nitrogens is 2. The number of para-hydroxylation sites is 2. The first-order chi connectivity index (χ1) is 13.7. The van der Waals surface area contributed by atoms with Crippen LogP contribution in [0.25, 0.3) is 11.0 Å². The fourth-order valence-corrected chi connectivity index (χ4v) is 4.42. The van der Waals surface area contributed by atoms with E-state index in [4.69, 9.17) is 9.72 Å². The molecule has 0 bridgehead atoms. The van der Waals surface area contributed by atoms with Crippen LogP contribution in [0, 0.1) is 13.8 Å². The van der Waals surface area contributed by atoms with Gasteiger partial charge in [-0.05, 0) is 68.9 Å². The van der Waals surface area contributed by atoms with Crippen LogP contribution in [0.15, 0.2) is 42.5 Å².